The second kappa shape index (κ2) is 10.6. The van der Waals surface area contributed by atoms with Gasteiger partial charge in [0.25, 0.3) is 0 Å². The Morgan fingerprint density at radius 2 is 1.81 bits per heavy atom. The number of rotatable bonds is 7. The number of nitrogens with zero attached hydrogens (tertiary/aromatic N) is 1. The van der Waals surface area contributed by atoms with Crippen molar-refractivity contribution in [1.82, 2.24) is 5.06 Å². The van der Waals surface area contributed by atoms with E-state index in [2.05, 4.69) is 24.3 Å². The van der Waals surface area contributed by atoms with Gasteiger partial charge in [-0.05, 0) is 63.3 Å². The summed E-state index contributed by atoms with van der Waals surface area (Å²) in [6.07, 6.45) is 1.26. The van der Waals surface area contributed by atoms with Crippen molar-refractivity contribution in [3.05, 3.63) is 65.7 Å². The molecule has 2 atom stereocenters. The fraction of sp³-hybridized carbons (Fsp3) is 0.480. The Morgan fingerprint density at radius 3 is 2.45 bits per heavy atom. The van der Waals surface area contributed by atoms with Gasteiger partial charge in [0.1, 0.15) is 11.4 Å². The highest BCUT2D eigenvalue weighted by atomic mass is 16.8. The van der Waals surface area contributed by atoms with Crippen LogP contribution in [-0.2, 0) is 16.0 Å². The van der Waals surface area contributed by atoms with Gasteiger partial charge >= 0.3 is 6.16 Å². The molecule has 1 fully saturated rings. The molecular formula is C25H33NO5. The van der Waals surface area contributed by atoms with Gasteiger partial charge in [-0.1, -0.05) is 42.5 Å². The van der Waals surface area contributed by atoms with Crippen molar-refractivity contribution in [3.8, 4) is 5.75 Å². The minimum absolute atomic E-state index is 0.00869. The quantitative estimate of drug-likeness (QED) is 0.510. The molecule has 0 aliphatic carbocycles. The summed E-state index contributed by atoms with van der Waals surface area (Å²) in [5.74, 6) is 0.822. The molecule has 2 unspecified atom stereocenters. The molecule has 168 valence electrons. The minimum atomic E-state index is -0.744. The van der Waals surface area contributed by atoms with Crippen LogP contribution in [-0.4, -0.2) is 47.7 Å². The van der Waals surface area contributed by atoms with E-state index >= 15 is 0 Å². The average Bonchev–Trinajstić information content (AvgIpc) is 2.71. The summed E-state index contributed by atoms with van der Waals surface area (Å²) in [4.78, 5) is 17.0. The van der Waals surface area contributed by atoms with Crippen LogP contribution in [0, 0.1) is 0 Å². The second-order valence-corrected chi connectivity index (χ2v) is 8.91. The summed E-state index contributed by atoms with van der Waals surface area (Å²) in [5, 5.41) is 12.1. The molecule has 6 nitrogen and oxygen atoms in total. The summed E-state index contributed by atoms with van der Waals surface area (Å²) < 4.78 is 11.0. The lowest BCUT2D eigenvalue weighted by atomic mass is 9.88. The second-order valence-electron chi connectivity index (χ2n) is 8.91. The number of ether oxygens (including phenoxy) is 2. The average molecular weight is 428 g/mol. The van der Waals surface area contributed by atoms with Crippen LogP contribution in [0.3, 0.4) is 0 Å². The zero-order valence-corrected chi connectivity index (χ0v) is 18.6. The maximum Gasteiger partial charge on any atom is 0.528 e. The topological polar surface area (TPSA) is 68.2 Å². The van der Waals surface area contributed by atoms with Gasteiger partial charge in [0.15, 0.2) is 0 Å². The molecular weight excluding hydrogens is 394 g/mol. The number of hydroxylamine groups is 2. The van der Waals surface area contributed by atoms with Crippen LogP contribution in [0.1, 0.15) is 50.7 Å². The van der Waals surface area contributed by atoms with Gasteiger partial charge in [0, 0.05) is 12.5 Å². The van der Waals surface area contributed by atoms with Gasteiger partial charge < -0.3 is 19.4 Å². The fourth-order valence-electron chi connectivity index (χ4n) is 3.67. The lowest BCUT2D eigenvalue weighted by Crippen LogP contribution is -2.44. The van der Waals surface area contributed by atoms with Gasteiger partial charge in [-0.3, -0.25) is 0 Å². The number of aliphatic hydroxyl groups is 1. The summed E-state index contributed by atoms with van der Waals surface area (Å²) in [7, 11) is 0. The number of carbonyl (C=O) groups is 1. The summed E-state index contributed by atoms with van der Waals surface area (Å²) in [6, 6.07) is 18.3. The Hall–Kier alpha value is -2.57. The Labute approximate surface area is 184 Å². The van der Waals surface area contributed by atoms with Crippen molar-refractivity contribution in [1.29, 1.82) is 0 Å². The van der Waals surface area contributed by atoms with E-state index in [1.165, 1.54) is 10.6 Å². The minimum Gasteiger partial charge on any atom is -0.494 e. The highest BCUT2D eigenvalue weighted by molar-refractivity contribution is 5.60. The molecule has 1 aliphatic heterocycles. The number of hydrogen-bond donors (Lipinski definition) is 1. The molecule has 0 saturated carbocycles. The first-order chi connectivity index (χ1) is 14.8. The molecule has 2 aromatic rings. The third-order valence-corrected chi connectivity index (χ3v) is 5.17. The lowest BCUT2D eigenvalue weighted by molar-refractivity contribution is -0.170. The van der Waals surface area contributed by atoms with Crippen molar-refractivity contribution in [3.63, 3.8) is 0 Å². The number of piperidine rings is 1. The summed E-state index contributed by atoms with van der Waals surface area (Å²) >= 11 is 0. The van der Waals surface area contributed by atoms with E-state index in [1.54, 1.807) is 20.8 Å². The smallest absolute Gasteiger partial charge is 0.494 e. The molecule has 1 N–H and O–H groups in total. The Kier molecular flexibility index (Phi) is 7.93. The van der Waals surface area contributed by atoms with Gasteiger partial charge in [0.2, 0.25) is 0 Å². The Morgan fingerprint density at radius 1 is 1.10 bits per heavy atom. The van der Waals surface area contributed by atoms with E-state index in [0.29, 0.717) is 19.6 Å². The lowest BCUT2D eigenvalue weighted by Gasteiger charge is -2.34. The molecule has 0 spiro atoms. The van der Waals surface area contributed by atoms with Crippen LogP contribution < -0.4 is 4.74 Å². The van der Waals surface area contributed by atoms with E-state index in [1.807, 2.05) is 30.3 Å². The van der Waals surface area contributed by atoms with Crippen LogP contribution in [0.5, 0.6) is 5.75 Å². The Balaban J connectivity index is 1.43. The van der Waals surface area contributed by atoms with E-state index in [-0.39, 0.29) is 12.5 Å². The van der Waals surface area contributed by atoms with E-state index in [4.69, 9.17) is 14.3 Å². The van der Waals surface area contributed by atoms with Crippen LogP contribution in [0.2, 0.25) is 0 Å². The molecule has 2 aromatic carbocycles. The Bertz CT molecular complexity index is 816. The summed E-state index contributed by atoms with van der Waals surface area (Å²) in [5.41, 5.74) is 1.76. The third-order valence-electron chi connectivity index (χ3n) is 5.17. The predicted octanol–water partition coefficient (Wildman–Crippen LogP) is 4.72. The van der Waals surface area contributed by atoms with Crippen molar-refractivity contribution in [2.24, 2.45) is 0 Å². The normalized spacial score (nSPS) is 19.6. The van der Waals surface area contributed by atoms with Crippen LogP contribution in [0.4, 0.5) is 4.79 Å². The SMILES string of the molecule is CC(C)(C)OC(=O)ON1CCC(c2ccc(OCCCc3ccccc3)cc2)C(O)C1. The number of aliphatic hydroxyl groups excluding tert-OH is 1. The van der Waals surface area contributed by atoms with Gasteiger partial charge in [0.05, 0.1) is 19.3 Å². The van der Waals surface area contributed by atoms with Gasteiger partial charge in [-0.15, -0.1) is 5.06 Å². The molecule has 3 rings (SSSR count). The maximum absolute atomic E-state index is 11.8. The molecule has 1 aliphatic rings. The van der Waals surface area contributed by atoms with Crippen molar-refractivity contribution >= 4 is 6.16 Å². The predicted molar refractivity (Wildman–Crippen MR) is 119 cm³/mol. The van der Waals surface area contributed by atoms with Crippen molar-refractivity contribution in [2.45, 2.75) is 57.7 Å². The molecule has 6 heteroatoms. The number of benzene rings is 2. The van der Waals surface area contributed by atoms with Gasteiger partial charge in [-0.2, -0.15) is 0 Å². The monoisotopic (exact) mass is 427 g/mol. The number of carbonyl (C=O) groups excluding carboxylic acids is 1. The zero-order chi connectivity index (χ0) is 22.3. The number of β-amino-alcohol motifs (C(OH)–C–C–N with tert-alkyl or cyclic N) is 1. The maximum atomic E-state index is 11.8. The van der Waals surface area contributed by atoms with Gasteiger partial charge in [-0.25, -0.2) is 4.79 Å². The first-order valence-corrected chi connectivity index (χ1v) is 10.9. The van der Waals surface area contributed by atoms with E-state index in [0.717, 1.165) is 24.2 Å². The van der Waals surface area contributed by atoms with E-state index < -0.39 is 17.9 Å². The summed E-state index contributed by atoms with van der Waals surface area (Å²) in [6.45, 7) is 6.81. The highest BCUT2D eigenvalue weighted by Gasteiger charge is 2.32. The third kappa shape index (κ3) is 7.56. The van der Waals surface area contributed by atoms with Crippen LogP contribution >= 0.6 is 0 Å². The number of hydrogen-bond acceptors (Lipinski definition) is 6. The van der Waals surface area contributed by atoms with Crippen LogP contribution in [0.15, 0.2) is 54.6 Å². The zero-order valence-electron chi connectivity index (χ0n) is 18.6. The molecule has 31 heavy (non-hydrogen) atoms. The first-order valence-electron chi connectivity index (χ1n) is 10.9. The molecule has 1 saturated heterocycles. The van der Waals surface area contributed by atoms with Crippen molar-refractivity contribution < 1.29 is 24.2 Å². The van der Waals surface area contributed by atoms with Crippen LogP contribution in [0.25, 0.3) is 0 Å². The van der Waals surface area contributed by atoms with E-state index in [9.17, 15) is 9.90 Å². The standard InChI is InChI=1S/C25H33NO5/c1-25(2,3)30-24(28)31-26-16-15-22(23(27)18-26)20-11-13-21(14-12-20)29-17-7-10-19-8-5-4-6-9-19/h4-6,8-9,11-14,22-23,27H,7,10,15-18H2,1-3H3. The molecule has 0 aromatic heterocycles. The fourth-order valence-corrected chi connectivity index (χ4v) is 3.67. The van der Waals surface area contributed by atoms with Crippen molar-refractivity contribution in [2.75, 3.05) is 19.7 Å². The molecule has 0 radical (unpaired) electrons. The molecule has 1 heterocycles. The molecule has 0 amide bonds. The first kappa shape index (κ1) is 23.1. The molecule has 0 bridgehead atoms. The highest BCUT2D eigenvalue weighted by Crippen LogP contribution is 2.30. The largest absolute Gasteiger partial charge is 0.528 e. The number of aryl methyl sites for hydroxylation is 1.